The third-order valence-corrected chi connectivity index (χ3v) is 15.6. The molecule has 0 spiro atoms. The summed E-state index contributed by atoms with van der Waals surface area (Å²) in [4.78, 5) is 156. The number of carbonyl (C=O) groups excluding carboxylic acids is 10. The molecule has 2 aromatic carbocycles. The van der Waals surface area contributed by atoms with Gasteiger partial charge in [0.25, 0.3) is 0 Å². The van der Waals surface area contributed by atoms with Crippen molar-refractivity contribution in [2.45, 2.75) is 166 Å². The molecule has 2 aliphatic rings. The molecule has 2 fully saturated rings. The number of nitrogens with two attached hydrogens (primary N) is 2. The van der Waals surface area contributed by atoms with Crippen LogP contribution in [0.5, 0.6) is 5.75 Å². The zero-order valence-electron chi connectivity index (χ0n) is 49.8. The summed E-state index contributed by atoms with van der Waals surface area (Å²) in [5.41, 5.74) is 11.6. The Morgan fingerprint density at radius 3 is 2.02 bits per heavy atom. The van der Waals surface area contributed by atoms with Crippen LogP contribution in [-0.4, -0.2) is 175 Å². The SMILES string of the molecule is CCNC(=O)[C@@H]1CCCN1C(=O)[C@H](CCCN=C(N)N)NC(=O)[C@H](CC(C)C)NC(=O)C(CC)(CC)NC(=O)[C@H](Cc1ccc(O)cc1)NC(=O)[C@H](CO)NC(=O)[C@H](Cc1c[nH]c2ccccc12)NC(=O)[C@H](Cc1cnc[nH]1)NC(=O)[C@@H]1CCC(=O)N1. The molecule has 2 saturated heterocycles. The number of carbonyl (C=O) groups is 10. The number of aromatic nitrogens is 3. The predicted octanol–water partition coefficient (Wildman–Crippen LogP) is -1.29. The Kier molecular flexibility index (Phi) is 24.6. The number of phenolic OH excluding ortho intramolecular Hbond substituents is 1. The Morgan fingerprint density at radius 2 is 1.40 bits per heavy atom. The highest BCUT2D eigenvalue weighted by atomic mass is 16.3. The van der Waals surface area contributed by atoms with E-state index in [1.54, 1.807) is 45.2 Å². The van der Waals surface area contributed by atoms with E-state index >= 15 is 0 Å². The molecule has 0 saturated carbocycles. The second-order valence-corrected chi connectivity index (χ2v) is 22.3. The van der Waals surface area contributed by atoms with Crippen LogP contribution in [0.2, 0.25) is 0 Å². The van der Waals surface area contributed by atoms with Crippen LogP contribution < -0.4 is 59.3 Å². The molecule has 6 rings (SSSR count). The Balaban J connectivity index is 1.23. The summed E-state index contributed by atoms with van der Waals surface area (Å²) in [7, 11) is 0. The maximum Gasteiger partial charge on any atom is 0.246 e. The first-order chi connectivity index (χ1) is 41.6. The fourth-order valence-corrected chi connectivity index (χ4v) is 10.7. The number of H-pyrrole nitrogens is 2. The summed E-state index contributed by atoms with van der Waals surface area (Å²) in [5.74, 6) is -7.34. The molecule has 0 aliphatic carbocycles. The van der Waals surface area contributed by atoms with Crippen LogP contribution in [0, 0.1) is 5.92 Å². The van der Waals surface area contributed by atoms with E-state index in [9.17, 15) is 58.2 Å². The number of hydrogen-bond acceptors (Lipinski definition) is 14. The van der Waals surface area contributed by atoms with E-state index in [1.807, 2.05) is 19.9 Å². The van der Waals surface area contributed by atoms with Crippen LogP contribution in [0.15, 0.2) is 72.2 Å². The zero-order chi connectivity index (χ0) is 63.4. The number of fused-ring (bicyclic) bond motifs is 1. The van der Waals surface area contributed by atoms with E-state index < -0.39 is 108 Å². The van der Waals surface area contributed by atoms with Crippen LogP contribution in [0.1, 0.15) is 109 Å². The topological polar surface area (TPSA) is 432 Å². The summed E-state index contributed by atoms with van der Waals surface area (Å²) >= 11 is 0. The average molecular weight is 1210 g/mol. The number of aliphatic hydroxyl groups excluding tert-OH is 1. The van der Waals surface area contributed by atoms with Crippen molar-refractivity contribution in [2.75, 3.05) is 26.2 Å². The Hall–Kier alpha value is -9.08. The van der Waals surface area contributed by atoms with Crippen molar-refractivity contribution in [3.05, 3.63) is 84.1 Å². The number of rotatable bonds is 32. The summed E-state index contributed by atoms with van der Waals surface area (Å²) in [6, 6.07) is 2.87. The number of aliphatic imine (C=N–C) groups is 1. The highest BCUT2D eigenvalue weighted by Crippen LogP contribution is 2.23. The number of para-hydroxylation sites is 1. The molecule has 0 radical (unpaired) electrons. The van der Waals surface area contributed by atoms with Crippen molar-refractivity contribution in [2.24, 2.45) is 22.4 Å². The van der Waals surface area contributed by atoms with Gasteiger partial charge in [-0.05, 0) is 93.5 Å². The summed E-state index contributed by atoms with van der Waals surface area (Å²) in [6.45, 7) is 8.50. The van der Waals surface area contributed by atoms with Gasteiger partial charge in [0.2, 0.25) is 59.1 Å². The molecule has 472 valence electrons. The van der Waals surface area contributed by atoms with Crippen LogP contribution in [0.3, 0.4) is 0 Å². The van der Waals surface area contributed by atoms with E-state index in [2.05, 4.69) is 67.8 Å². The highest BCUT2D eigenvalue weighted by molar-refractivity contribution is 6.00. The van der Waals surface area contributed by atoms with Crippen molar-refractivity contribution in [3.63, 3.8) is 0 Å². The number of aliphatic hydroxyl groups is 1. The number of likely N-dealkylation sites (N-methyl/N-ethyl adjacent to an activating group) is 1. The molecule has 28 heteroatoms. The number of imidazole rings is 1. The van der Waals surface area contributed by atoms with Gasteiger partial charge in [-0.2, -0.15) is 0 Å². The molecule has 0 bridgehead atoms. The molecule has 17 N–H and O–H groups in total. The second-order valence-electron chi connectivity index (χ2n) is 22.3. The first kappa shape index (κ1) is 67.1. The maximum atomic E-state index is 14.8. The lowest BCUT2D eigenvalue weighted by atomic mass is 9.89. The lowest BCUT2D eigenvalue weighted by Crippen LogP contribution is -2.65. The molecule has 8 atom stereocenters. The lowest BCUT2D eigenvalue weighted by Gasteiger charge is -2.35. The normalized spacial score (nSPS) is 16.9. The van der Waals surface area contributed by atoms with Gasteiger partial charge < -0.3 is 84.4 Å². The van der Waals surface area contributed by atoms with Crippen molar-refractivity contribution in [1.82, 2.24) is 67.7 Å². The third-order valence-electron chi connectivity index (χ3n) is 15.6. The van der Waals surface area contributed by atoms with E-state index in [0.29, 0.717) is 41.6 Å². The van der Waals surface area contributed by atoms with E-state index in [0.717, 1.165) is 5.52 Å². The number of nitrogens with one attached hydrogen (secondary N) is 11. The minimum Gasteiger partial charge on any atom is -0.508 e. The molecular weight excluding hydrogens is 1120 g/mol. The Bertz CT molecular complexity index is 3070. The van der Waals surface area contributed by atoms with Gasteiger partial charge in [0, 0.05) is 74.3 Å². The second kappa shape index (κ2) is 31.9. The third kappa shape index (κ3) is 18.7. The van der Waals surface area contributed by atoms with Gasteiger partial charge in [0.1, 0.15) is 59.6 Å². The monoisotopic (exact) mass is 1210 g/mol. The lowest BCUT2D eigenvalue weighted by molar-refractivity contribution is -0.142. The standard InChI is InChI=1S/C59H84N16O12/c1-6-59(7-2,57(87)73-42(25-33(4)5)50(80)68-41(15-11-23-64-58(60)61)56(86)75-24-12-16-47(75)55(85)63-8-3)74-54(84)43(26-34-17-19-37(77)20-18-34)69-53(83)46(31-76)72-51(81)44(27-35-29-65-39-14-10-9-13-38(35)39)70-52(82)45(28-36-30-62-32-66-36)71-49(79)40-21-22-48(78)67-40/h9-10,13-14,17-20,29-30,32-33,40-47,65,76-77H,6-8,11-12,15-16,21-28,31H2,1-5H3,(H,62,66)(H,63,85)(H,67,78)(H,68,80)(H,69,83)(H,70,82)(H,71,79)(H,72,81)(H,73,87)(H,74,84)(H4,60,61,64)/t40-,41-,42-,43-,44-,45-,46-,47-/m0/s1. The number of amides is 10. The molecule has 4 aromatic rings. The minimum absolute atomic E-state index is 0.0263. The first-order valence-corrected chi connectivity index (χ1v) is 29.6. The molecule has 10 amide bonds. The molecule has 4 heterocycles. The number of aromatic hydroxyl groups is 1. The van der Waals surface area contributed by atoms with Crippen molar-refractivity contribution in [3.8, 4) is 5.75 Å². The summed E-state index contributed by atoms with van der Waals surface area (Å²) in [6.07, 6.45) is 5.69. The van der Waals surface area contributed by atoms with Gasteiger partial charge in [-0.3, -0.25) is 52.9 Å². The predicted molar refractivity (Wildman–Crippen MR) is 320 cm³/mol. The largest absolute Gasteiger partial charge is 0.508 e. The molecule has 2 aliphatic heterocycles. The van der Waals surface area contributed by atoms with Crippen LogP contribution in [0.4, 0.5) is 0 Å². The number of likely N-dealkylation sites (tertiary alicyclic amines) is 1. The Labute approximate surface area is 504 Å². The van der Waals surface area contributed by atoms with E-state index in [1.165, 1.54) is 41.7 Å². The molecular formula is C59H84N16O12. The summed E-state index contributed by atoms with van der Waals surface area (Å²) in [5, 5.41) is 46.1. The van der Waals surface area contributed by atoms with Crippen molar-refractivity contribution < 1.29 is 58.2 Å². The Morgan fingerprint density at radius 1 is 0.759 bits per heavy atom. The summed E-state index contributed by atoms with van der Waals surface area (Å²) < 4.78 is 0. The smallest absolute Gasteiger partial charge is 0.246 e. The fraction of sp³-hybridized carbons (Fsp3) is 0.525. The van der Waals surface area contributed by atoms with Gasteiger partial charge in [0.05, 0.1) is 12.9 Å². The fourth-order valence-electron chi connectivity index (χ4n) is 10.7. The van der Waals surface area contributed by atoms with Gasteiger partial charge in [0.15, 0.2) is 5.96 Å². The number of phenols is 1. The first-order valence-electron chi connectivity index (χ1n) is 29.6. The van der Waals surface area contributed by atoms with Gasteiger partial charge in [-0.15, -0.1) is 0 Å². The maximum absolute atomic E-state index is 14.8. The van der Waals surface area contributed by atoms with Gasteiger partial charge in [-0.25, -0.2) is 4.98 Å². The quantitative estimate of drug-likeness (QED) is 0.0154. The molecule has 87 heavy (non-hydrogen) atoms. The van der Waals surface area contributed by atoms with Crippen molar-refractivity contribution in [1.29, 1.82) is 0 Å². The molecule has 0 unspecified atom stereocenters. The van der Waals surface area contributed by atoms with Gasteiger partial charge >= 0.3 is 0 Å². The number of hydrogen-bond donors (Lipinski definition) is 15. The number of benzene rings is 2. The molecule has 28 nitrogen and oxygen atoms in total. The van der Waals surface area contributed by atoms with Gasteiger partial charge in [-0.1, -0.05) is 58.0 Å². The number of aromatic amines is 2. The average Bonchev–Trinajstić information content (AvgIpc) is 3.24. The number of guanidine groups is 1. The van der Waals surface area contributed by atoms with Crippen LogP contribution in [0.25, 0.3) is 10.9 Å². The van der Waals surface area contributed by atoms with Crippen molar-refractivity contribution >= 4 is 75.9 Å². The highest BCUT2D eigenvalue weighted by Gasteiger charge is 2.43. The van der Waals surface area contributed by atoms with Crippen LogP contribution in [-0.2, 0) is 67.2 Å². The van der Waals surface area contributed by atoms with E-state index in [4.69, 9.17) is 11.5 Å². The number of nitrogens with zero attached hydrogens (tertiary/aromatic N) is 3. The zero-order valence-corrected chi connectivity index (χ0v) is 49.8. The minimum atomic E-state index is -1.76. The van der Waals surface area contributed by atoms with Crippen LogP contribution >= 0.6 is 0 Å². The van der Waals surface area contributed by atoms with E-state index in [-0.39, 0.29) is 107 Å². The molecule has 2 aromatic heterocycles.